The summed E-state index contributed by atoms with van der Waals surface area (Å²) in [4.78, 5) is 29.4. The van der Waals surface area contributed by atoms with Crippen molar-refractivity contribution in [2.75, 3.05) is 11.5 Å². The van der Waals surface area contributed by atoms with Crippen molar-refractivity contribution in [1.29, 1.82) is 0 Å². The zero-order valence-corrected chi connectivity index (χ0v) is 10.2. The van der Waals surface area contributed by atoms with Crippen molar-refractivity contribution in [3.8, 4) is 0 Å². The Morgan fingerprint density at radius 3 is 2.72 bits per heavy atom. The van der Waals surface area contributed by atoms with Crippen molar-refractivity contribution in [2.45, 2.75) is 5.16 Å². The van der Waals surface area contributed by atoms with E-state index in [0.717, 1.165) is 11.8 Å². The zero-order valence-electron chi connectivity index (χ0n) is 9.42. The number of H-pyrrole nitrogens is 1. The first-order valence-electron chi connectivity index (χ1n) is 5.23. The molecule has 1 aromatic carbocycles. The SMILES string of the molecule is Nc1cc(=O)[nH]c(SCC(=O)c2ccccc2)n1. The van der Waals surface area contributed by atoms with E-state index < -0.39 is 0 Å². The highest BCUT2D eigenvalue weighted by atomic mass is 32.2. The summed E-state index contributed by atoms with van der Waals surface area (Å²) >= 11 is 1.16. The molecule has 0 saturated heterocycles. The maximum Gasteiger partial charge on any atom is 0.253 e. The number of aromatic nitrogens is 2. The lowest BCUT2D eigenvalue weighted by atomic mass is 10.2. The Hall–Kier alpha value is -2.08. The molecule has 2 aromatic rings. The Balaban J connectivity index is 2.04. The largest absolute Gasteiger partial charge is 0.383 e. The van der Waals surface area contributed by atoms with Crippen LogP contribution in [0.15, 0.2) is 46.3 Å². The minimum absolute atomic E-state index is 0.0225. The number of carbonyl (C=O) groups is 1. The number of benzene rings is 1. The number of hydrogen-bond donors (Lipinski definition) is 2. The van der Waals surface area contributed by atoms with Gasteiger partial charge in [0.2, 0.25) is 0 Å². The lowest BCUT2D eigenvalue weighted by Gasteiger charge is -2.01. The number of thioether (sulfide) groups is 1. The number of carbonyl (C=O) groups excluding carboxylic acids is 1. The fourth-order valence-corrected chi connectivity index (χ4v) is 2.14. The summed E-state index contributed by atoms with van der Waals surface area (Å²) in [5, 5.41) is 0.351. The molecule has 5 nitrogen and oxygen atoms in total. The molecule has 18 heavy (non-hydrogen) atoms. The molecule has 1 aromatic heterocycles. The molecule has 0 aliphatic heterocycles. The molecule has 0 radical (unpaired) electrons. The van der Waals surface area contributed by atoms with E-state index >= 15 is 0 Å². The van der Waals surface area contributed by atoms with E-state index in [-0.39, 0.29) is 22.9 Å². The Bertz CT molecular complexity index is 610. The lowest BCUT2D eigenvalue weighted by Crippen LogP contribution is -2.10. The van der Waals surface area contributed by atoms with Gasteiger partial charge in [0.1, 0.15) is 5.82 Å². The molecule has 0 spiro atoms. The fourth-order valence-electron chi connectivity index (χ4n) is 1.36. The topological polar surface area (TPSA) is 88.8 Å². The van der Waals surface area contributed by atoms with Crippen LogP contribution in [0.2, 0.25) is 0 Å². The van der Waals surface area contributed by atoms with Crippen LogP contribution in [-0.2, 0) is 0 Å². The first-order chi connectivity index (χ1) is 8.65. The third-order valence-electron chi connectivity index (χ3n) is 2.18. The van der Waals surface area contributed by atoms with Gasteiger partial charge in [0, 0.05) is 11.6 Å². The molecule has 1 heterocycles. The summed E-state index contributed by atoms with van der Waals surface area (Å²) in [5.41, 5.74) is 5.76. The van der Waals surface area contributed by atoms with Crippen molar-refractivity contribution in [3.63, 3.8) is 0 Å². The predicted octanol–water partition coefficient (Wildman–Crippen LogP) is 1.33. The molecular weight excluding hydrogens is 250 g/mol. The molecule has 0 fully saturated rings. The summed E-state index contributed by atoms with van der Waals surface area (Å²) in [6.45, 7) is 0. The van der Waals surface area contributed by atoms with Crippen LogP contribution in [0, 0.1) is 0 Å². The summed E-state index contributed by atoms with van der Waals surface area (Å²) in [6, 6.07) is 10.2. The van der Waals surface area contributed by atoms with Gasteiger partial charge in [-0.25, -0.2) is 4.98 Å². The minimum Gasteiger partial charge on any atom is -0.383 e. The Morgan fingerprint density at radius 2 is 2.06 bits per heavy atom. The molecule has 0 aliphatic carbocycles. The average Bonchev–Trinajstić information content (AvgIpc) is 2.36. The van der Waals surface area contributed by atoms with Gasteiger partial charge in [0.05, 0.1) is 5.75 Å². The highest BCUT2D eigenvalue weighted by Crippen LogP contribution is 2.14. The van der Waals surface area contributed by atoms with Crippen molar-refractivity contribution in [2.24, 2.45) is 0 Å². The number of aromatic amines is 1. The second kappa shape index (κ2) is 5.50. The molecule has 0 atom stereocenters. The van der Waals surface area contributed by atoms with Crippen LogP contribution in [0.25, 0.3) is 0 Å². The van der Waals surface area contributed by atoms with Crippen LogP contribution in [0.3, 0.4) is 0 Å². The van der Waals surface area contributed by atoms with E-state index in [2.05, 4.69) is 9.97 Å². The molecular formula is C12H11N3O2S. The number of Topliss-reactive ketones (excluding diaryl/α,β-unsaturated/α-hetero) is 1. The van der Waals surface area contributed by atoms with Gasteiger partial charge in [-0.1, -0.05) is 42.1 Å². The number of nitrogens with two attached hydrogens (primary N) is 1. The van der Waals surface area contributed by atoms with Gasteiger partial charge >= 0.3 is 0 Å². The Morgan fingerprint density at radius 1 is 1.33 bits per heavy atom. The number of anilines is 1. The van der Waals surface area contributed by atoms with Crippen molar-refractivity contribution in [1.82, 2.24) is 9.97 Å². The minimum atomic E-state index is -0.322. The van der Waals surface area contributed by atoms with E-state index in [1.54, 1.807) is 24.3 Å². The number of hydrogen-bond acceptors (Lipinski definition) is 5. The standard InChI is InChI=1S/C12H11N3O2S/c13-10-6-11(17)15-12(14-10)18-7-9(16)8-4-2-1-3-5-8/h1-6H,7H2,(H3,13,14,15,17). The third kappa shape index (κ3) is 3.21. The number of nitrogens with zero attached hydrogens (tertiary/aromatic N) is 1. The van der Waals surface area contributed by atoms with E-state index in [4.69, 9.17) is 5.73 Å². The van der Waals surface area contributed by atoms with E-state index in [1.165, 1.54) is 6.07 Å². The molecule has 0 aliphatic rings. The van der Waals surface area contributed by atoms with Crippen molar-refractivity contribution in [3.05, 3.63) is 52.3 Å². The summed E-state index contributed by atoms with van der Waals surface area (Å²) in [6.07, 6.45) is 0. The van der Waals surface area contributed by atoms with Gasteiger partial charge in [-0.3, -0.25) is 9.59 Å². The first-order valence-corrected chi connectivity index (χ1v) is 6.21. The van der Waals surface area contributed by atoms with Gasteiger partial charge in [-0.05, 0) is 0 Å². The number of nitrogens with one attached hydrogen (secondary N) is 1. The van der Waals surface area contributed by atoms with Gasteiger partial charge in [-0.15, -0.1) is 0 Å². The molecule has 0 saturated carbocycles. The van der Waals surface area contributed by atoms with Crippen LogP contribution in [0.5, 0.6) is 0 Å². The van der Waals surface area contributed by atoms with Crippen LogP contribution in [0.4, 0.5) is 5.82 Å². The lowest BCUT2D eigenvalue weighted by molar-refractivity contribution is 0.102. The summed E-state index contributed by atoms with van der Waals surface area (Å²) < 4.78 is 0. The summed E-state index contributed by atoms with van der Waals surface area (Å²) in [5.74, 6) is 0.329. The molecule has 3 N–H and O–H groups in total. The first kappa shape index (κ1) is 12.4. The highest BCUT2D eigenvalue weighted by molar-refractivity contribution is 7.99. The van der Waals surface area contributed by atoms with Crippen LogP contribution in [0.1, 0.15) is 10.4 Å². The smallest absolute Gasteiger partial charge is 0.253 e. The molecule has 92 valence electrons. The quantitative estimate of drug-likeness (QED) is 0.492. The molecule has 0 unspecified atom stereocenters. The maximum atomic E-state index is 11.8. The number of nitrogen functional groups attached to an aromatic ring is 1. The van der Waals surface area contributed by atoms with Gasteiger partial charge < -0.3 is 10.7 Å². The molecule has 2 rings (SSSR count). The average molecular weight is 261 g/mol. The van der Waals surface area contributed by atoms with Crippen LogP contribution < -0.4 is 11.3 Å². The van der Waals surface area contributed by atoms with Gasteiger partial charge in [-0.2, -0.15) is 0 Å². The van der Waals surface area contributed by atoms with E-state index in [9.17, 15) is 9.59 Å². The van der Waals surface area contributed by atoms with Crippen LogP contribution >= 0.6 is 11.8 Å². The van der Waals surface area contributed by atoms with Crippen molar-refractivity contribution < 1.29 is 4.79 Å². The normalized spacial score (nSPS) is 10.2. The monoisotopic (exact) mass is 261 g/mol. The maximum absolute atomic E-state index is 11.8. The second-order valence-electron chi connectivity index (χ2n) is 3.55. The van der Waals surface area contributed by atoms with Gasteiger partial charge in [0.25, 0.3) is 5.56 Å². The van der Waals surface area contributed by atoms with Crippen molar-refractivity contribution >= 4 is 23.4 Å². The highest BCUT2D eigenvalue weighted by Gasteiger charge is 2.07. The Kier molecular flexibility index (Phi) is 3.78. The third-order valence-corrected chi connectivity index (χ3v) is 3.05. The zero-order chi connectivity index (χ0) is 13.0. The molecule has 6 heteroatoms. The molecule has 0 amide bonds. The second-order valence-corrected chi connectivity index (χ2v) is 4.52. The van der Waals surface area contributed by atoms with E-state index in [0.29, 0.717) is 10.7 Å². The van der Waals surface area contributed by atoms with E-state index in [1.807, 2.05) is 6.07 Å². The van der Waals surface area contributed by atoms with Gasteiger partial charge in [0.15, 0.2) is 10.9 Å². The predicted molar refractivity (Wildman–Crippen MR) is 70.8 cm³/mol. The molecule has 0 bridgehead atoms. The number of rotatable bonds is 4. The fraction of sp³-hybridized carbons (Fsp3) is 0.0833. The number of ketones is 1. The Labute approximate surface area is 107 Å². The van der Waals surface area contributed by atoms with Crippen LogP contribution in [-0.4, -0.2) is 21.5 Å². The summed E-state index contributed by atoms with van der Waals surface area (Å²) in [7, 11) is 0.